The molecule has 0 fully saturated rings. The molecule has 19 heavy (non-hydrogen) atoms. The van der Waals surface area contributed by atoms with Crippen LogP contribution in [0.2, 0.25) is 0 Å². The topological polar surface area (TPSA) is 43.3 Å². The van der Waals surface area contributed by atoms with E-state index in [0.717, 1.165) is 29.0 Å². The van der Waals surface area contributed by atoms with Crippen LogP contribution in [0.5, 0.6) is 0 Å². The van der Waals surface area contributed by atoms with Crippen molar-refractivity contribution < 1.29 is 4.39 Å². The van der Waals surface area contributed by atoms with E-state index in [-0.39, 0.29) is 5.82 Å². The van der Waals surface area contributed by atoms with Gasteiger partial charge in [-0.05, 0) is 42.9 Å². The molecule has 2 N–H and O–H groups in total. The molecule has 0 spiro atoms. The Morgan fingerprint density at radius 1 is 1.11 bits per heavy atom. The van der Waals surface area contributed by atoms with Gasteiger partial charge in [-0.3, -0.25) is 0 Å². The van der Waals surface area contributed by atoms with Crippen LogP contribution in [0.4, 0.5) is 4.39 Å². The van der Waals surface area contributed by atoms with Crippen molar-refractivity contribution in [1.29, 1.82) is 0 Å². The molecule has 1 aromatic carbocycles. The molecule has 0 atom stereocenters. The van der Waals surface area contributed by atoms with Crippen LogP contribution in [0.25, 0.3) is 16.9 Å². The highest BCUT2D eigenvalue weighted by Gasteiger charge is 2.12. The molecular formula is C15H14FN3. The lowest BCUT2D eigenvalue weighted by atomic mass is 10.1. The number of fused-ring (bicyclic) bond motifs is 1. The van der Waals surface area contributed by atoms with E-state index in [0.29, 0.717) is 6.54 Å². The highest BCUT2D eigenvalue weighted by atomic mass is 19.1. The van der Waals surface area contributed by atoms with E-state index in [9.17, 15) is 4.39 Å². The van der Waals surface area contributed by atoms with Crippen LogP contribution in [0.1, 0.15) is 5.69 Å². The van der Waals surface area contributed by atoms with E-state index in [1.807, 2.05) is 28.8 Å². The van der Waals surface area contributed by atoms with Gasteiger partial charge in [0, 0.05) is 18.2 Å². The molecule has 3 nitrogen and oxygen atoms in total. The molecule has 2 aromatic heterocycles. The Morgan fingerprint density at radius 2 is 1.89 bits per heavy atom. The highest BCUT2D eigenvalue weighted by Crippen LogP contribution is 2.24. The number of rotatable bonds is 3. The second-order valence-corrected chi connectivity index (χ2v) is 4.38. The third-order valence-electron chi connectivity index (χ3n) is 3.13. The molecule has 3 aromatic rings. The smallest absolute Gasteiger partial charge is 0.137 e. The summed E-state index contributed by atoms with van der Waals surface area (Å²) in [5.74, 6) is -0.243. The van der Waals surface area contributed by atoms with Crippen molar-refractivity contribution >= 4 is 5.65 Å². The van der Waals surface area contributed by atoms with Crippen LogP contribution in [-0.2, 0) is 6.42 Å². The van der Waals surface area contributed by atoms with Gasteiger partial charge < -0.3 is 10.1 Å². The molecule has 0 unspecified atom stereocenters. The zero-order chi connectivity index (χ0) is 13.2. The predicted octanol–water partition coefficient (Wildman–Crippen LogP) is 2.64. The van der Waals surface area contributed by atoms with Crippen LogP contribution >= 0.6 is 0 Å². The minimum atomic E-state index is -0.243. The van der Waals surface area contributed by atoms with Crippen molar-refractivity contribution in [3.63, 3.8) is 0 Å². The fourth-order valence-electron chi connectivity index (χ4n) is 2.26. The lowest BCUT2D eigenvalue weighted by Gasteiger charge is -2.03. The number of hydrogen-bond acceptors (Lipinski definition) is 2. The number of hydrogen-bond donors (Lipinski definition) is 1. The first-order valence-electron chi connectivity index (χ1n) is 6.21. The zero-order valence-electron chi connectivity index (χ0n) is 10.4. The standard InChI is InChI=1S/C15H14FN3/c16-12-6-4-11(5-7-12)15-13(8-9-17)19-10-2-1-3-14(19)18-15/h1-7,10H,8-9,17H2. The number of nitrogens with zero attached hydrogens (tertiary/aromatic N) is 2. The van der Waals surface area contributed by atoms with Crippen LogP contribution < -0.4 is 5.73 Å². The van der Waals surface area contributed by atoms with Crippen molar-refractivity contribution in [3.8, 4) is 11.3 Å². The summed E-state index contributed by atoms with van der Waals surface area (Å²) in [5.41, 5.74) is 9.40. The summed E-state index contributed by atoms with van der Waals surface area (Å²) < 4.78 is 15.0. The molecule has 0 aliphatic rings. The highest BCUT2D eigenvalue weighted by molar-refractivity contribution is 5.66. The van der Waals surface area contributed by atoms with E-state index in [1.165, 1.54) is 12.1 Å². The second kappa shape index (κ2) is 4.82. The molecule has 0 amide bonds. The summed E-state index contributed by atoms with van der Waals surface area (Å²) >= 11 is 0. The Hall–Kier alpha value is -2.20. The van der Waals surface area contributed by atoms with Gasteiger partial charge in [0.15, 0.2) is 0 Å². The molecule has 2 heterocycles. The predicted molar refractivity (Wildman–Crippen MR) is 73.3 cm³/mol. The Balaban J connectivity index is 2.21. The summed E-state index contributed by atoms with van der Waals surface area (Å²) in [7, 11) is 0. The first kappa shape index (κ1) is 11.9. The Labute approximate surface area is 110 Å². The van der Waals surface area contributed by atoms with Crippen molar-refractivity contribution in [3.05, 3.63) is 60.2 Å². The first-order valence-corrected chi connectivity index (χ1v) is 6.21. The summed E-state index contributed by atoms with van der Waals surface area (Å²) in [6.07, 6.45) is 2.71. The van der Waals surface area contributed by atoms with Crippen LogP contribution in [0.15, 0.2) is 48.7 Å². The maximum Gasteiger partial charge on any atom is 0.137 e. The van der Waals surface area contributed by atoms with E-state index < -0.39 is 0 Å². The Kier molecular flexibility index (Phi) is 3.01. The van der Waals surface area contributed by atoms with Gasteiger partial charge in [0.25, 0.3) is 0 Å². The number of pyridine rings is 1. The summed E-state index contributed by atoms with van der Waals surface area (Å²) in [6.45, 7) is 0.552. The van der Waals surface area contributed by atoms with Crippen LogP contribution in [0.3, 0.4) is 0 Å². The molecule has 0 saturated carbocycles. The van der Waals surface area contributed by atoms with Gasteiger partial charge in [0.2, 0.25) is 0 Å². The number of halogens is 1. The van der Waals surface area contributed by atoms with Crippen LogP contribution in [0, 0.1) is 5.82 Å². The molecule has 0 saturated heterocycles. The van der Waals surface area contributed by atoms with Gasteiger partial charge in [-0.15, -0.1) is 0 Å². The van der Waals surface area contributed by atoms with E-state index in [1.54, 1.807) is 12.1 Å². The first-order chi connectivity index (χ1) is 9.29. The summed E-state index contributed by atoms with van der Waals surface area (Å²) in [5, 5.41) is 0. The fraction of sp³-hybridized carbons (Fsp3) is 0.133. The van der Waals surface area contributed by atoms with Gasteiger partial charge in [0.05, 0.1) is 11.4 Å². The van der Waals surface area contributed by atoms with Crippen molar-refractivity contribution in [2.24, 2.45) is 5.73 Å². The SMILES string of the molecule is NCCc1c(-c2ccc(F)cc2)nc2ccccn12. The zero-order valence-corrected chi connectivity index (χ0v) is 10.4. The number of nitrogens with two attached hydrogens (primary N) is 1. The summed E-state index contributed by atoms with van der Waals surface area (Å²) in [4.78, 5) is 4.62. The van der Waals surface area contributed by atoms with Gasteiger partial charge in [-0.1, -0.05) is 6.07 Å². The minimum absolute atomic E-state index is 0.243. The maximum atomic E-state index is 13.0. The number of aromatic nitrogens is 2. The third-order valence-corrected chi connectivity index (χ3v) is 3.13. The maximum absolute atomic E-state index is 13.0. The van der Waals surface area contributed by atoms with Gasteiger partial charge in [-0.25, -0.2) is 9.37 Å². The van der Waals surface area contributed by atoms with Gasteiger partial charge >= 0.3 is 0 Å². The second-order valence-electron chi connectivity index (χ2n) is 4.38. The molecule has 4 heteroatoms. The quantitative estimate of drug-likeness (QED) is 0.781. The van der Waals surface area contributed by atoms with E-state index in [4.69, 9.17) is 5.73 Å². The van der Waals surface area contributed by atoms with Crippen molar-refractivity contribution in [1.82, 2.24) is 9.38 Å². The largest absolute Gasteiger partial charge is 0.330 e. The third kappa shape index (κ3) is 2.11. The van der Waals surface area contributed by atoms with Crippen LogP contribution in [-0.4, -0.2) is 15.9 Å². The minimum Gasteiger partial charge on any atom is -0.330 e. The lowest BCUT2D eigenvalue weighted by molar-refractivity contribution is 0.628. The Morgan fingerprint density at radius 3 is 2.63 bits per heavy atom. The number of benzene rings is 1. The molecular weight excluding hydrogens is 241 g/mol. The average Bonchev–Trinajstić information content (AvgIpc) is 2.79. The molecule has 3 rings (SSSR count). The van der Waals surface area contributed by atoms with Crippen molar-refractivity contribution in [2.75, 3.05) is 6.54 Å². The van der Waals surface area contributed by atoms with E-state index >= 15 is 0 Å². The van der Waals surface area contributed by atoms with E-state index in [2.05, 4.69) is 4.98 Å². The number of imidazole rings is 1. The molecule has 0 aliphatic carbocycles. The average molecular weight is 255 g/mol. The van der Waals surface area contributed by atoms with Gasteiger partial charge in [-0.2, -0.15) is 0 Å². The monoisotopic (exact) mass is 255 g/mol. The fourth-order valence-corrected chi connectivity index (χ4v) is 2.26. The van der Waals surface area contributed by atoms with Crippen molar-refractivity contribution in [2.45, 2.75) is 6.42 Å². The molecule has 0 bridgehead atoms. The molecule has 96 valence electrons. The normalized spacial score (nSPS) is 11.1. The molecule has 0 aliphatic heterocycles. The lowest BCUT2D eigenvalue weighted by Crippen LogP contribution is -2.06. The Bertz CT molecular complexity index is 701. The summed E-state index contributed by atoms with van der Waals surface area (Å²) in [6, 6.07) is 12.3. The molecule has 0 radical (unpaired) electrons. The van der Waals surface area contributed by atoms with Gasteiger partial charge in [0.1, 0.15) is 11.5 Å².